The van der Waals surface area contributed by atoms with E-state index in [1.165, 1.54) is 0 Å². The Balaban J connectivity index is 1.94. The van der Waals surface area contributed by atoms with Crippen LogP contribution < -0.4 is 0 Å². The lowest BCUT2D eigenvalue weighted by Gasteiger charge is -2.28. The van der Waals surface area contributed by atoms with E-state index in [1.54, 1.807) is 6.33 Å². The summed E-state index contributed by atoms with van der Waals surface area (Å²) >= 11 is 3.26. The number of hydrogen-bond acceptors (Lipinski definition) is 4. The molecule has 1 unspecified atom stereocenters. The van der Waals surface area contributed by atoms with Crippen molar-refractivity contribution in [1.29, 1.82) is 0 Å². The fraction of sp³-hybridized carbons (Fsp3) is 0.750. The van der Waals surface area contributed by atoms with Crippen molar-refractivity contribution in [2.75, 3.05) is 18.4 Å². The van der Waals surface area contributed by atoms with Crippen LogP contribution in [0.4, 0.5) is 0 Å². The van der Waals surface area contributed by atoms with Crippen molar-refractivity contribution in [1.82, 2.24) is 19.7 Å². The van der Waals surface area contributed by atoms with Crippen LogP contribution in [0.15, 0.2) is 6.33 Å². The molecule has 2 heterocycles. The topological polar surface area (TPSA) is 54.2 Å². The molecule has 0 spiro atoms. The van der Waals surface area contributed by atoms with E-state index in [0.29, 0.717) is 11.9 Å². The maximum atomic E-state index is 9.48. The standard InChI is InChI=1S/C8H13BrN4O/c9-3-7(14)4-12-1-2-13-6-10-11-8(13)5-12/h6-7,14H,1-5H2. The van der Waals surface area contributed by atoms with Gasteiger partial charge in [0, 0.05) is 25.0 Å². The molecule has 5 nitrogen and oxygen atoms in total. The van der Waals surface area contributed by atoms with Crippen molar-refractivity contribution < 1.29 is 5.11 Å². The molecule has 6 heteroatoms. The molecule has 0 radical (unpaired) electrons. The Hall–Kier alpha value is -0.460. The third kappa shape index (κ3) is 2.13. The molecule has 0 saturated heterocycles. The van der Waals surface area contributed by atoms with Crippen LogP contribution in [0, 0.1) is 0 Å². The van der Waals surface area contributed by atoms with Gasteiger partial charge in [0.25, 0.3) is 0 Å². The van der Waals surface area contributed by atoms with Crippen molar-refractivity contribution in [3.63, 3.8) is 0 Å². The Morgan fingerprint density at radius 1 is 1.57 bits per heavy atom. The lowest BCUT2D eigenvalue weighted by atomic mass is 10.3. The Morgan fingerprint density at radius 3 is 3.21 bits per heavy atom. The summed E-state index contributed by atoms with van der Waals surface area (Å²) in [7, 11) is 0. The van der Waals surface area contributed by atoms with Gasteiger partial charge >= 0.3 is 0 Å². The van der Waals surface area contributed by atoms with E-state index in [0.717, 1.165) is 25.5 Å². The van der Waals surface area contributed by atoms with Gasteiger partial charge in [0.15, 0.2) is 0 Å². The number of rotatable bonds is 3. The van der Waals surface area contributed by atoms with Gasteiger partial charge in [0.2, 0.25) is 0 Å². The highest BCUT2D eigenvalue weighted by Gasteiger charge is 2.18. The largest absolute Gasteiger partial charge is 0.391 e. The number of aliphatic hydroxyl groups excluding tert-OH is 1. The summed E-state index contributed by atoms with van der Waals surface area (Å²) in [5.74, 6) is 0.984. The summed E-state index contributed by atoms with van der Waals surface area (Å²) < 4.78 is 2.05. The molecule has 0 amide bonds. The molecule has 1 aliphatic rings. The number of β-amino-alcohol motifs (C(OH)–C–C–N with tert-alkyl or cyclic N) is 1. The van der Waals surface area contributed by atoms with Gasteiger partial charge in [-0.2, -0.15) is 0 Å². The van der Waals surface area contributed by atoms with Crippen LogP contribution in [-0.2, 0) is 13.1 Å². The van der Waals surface area contributed by atoms with Gasteiger partial charge in [-0.3, -0.25) is 4.90 Å². The zero-order chi connectivity index (χ0) is 9.97. The highest BCUT2D eigenvalue weighted by atomic mass is 79.9. The third-order valence-corrected chi connectivity index (χ3v) is 3.11. The molecule has 0 saturated carbocycles. The van der Waals surface area contributed by atoms with Gasteiger partial charge in [-0.05, 0) is 0 Å². The summed E-state index contributed by atoms with van der Waals surface area (Å²) in [4.78, 5) is 2.19. The lowest BCUT2D eigenvalue weighted by Crippen LogP contribution is -2.39. The molecule has 1 aromatic heterocycles. The number of hydrogen-bond donors (Lipinski definition) is 1. The molecule has 0 aromatic carbocycles. The molecule has 0 bridgehead atoms. The number of nitrogens with zero attached hydrogens (tertiary/aromatic N) is 4. The molecular weight excluding hydrogens is 248 g/mol. The molecule has 78 valence electrons. The van der Waals surface area contributed by atoms with Gasteiger partial charge < -0.3 is 9.67 Å². The van der Waals surface area contributed by atoms with E-state index in [9.17, 15) is 5.11 Å². The molecular formula is C8H13BrN4O. The van der Waals surface area contributed by atoms with Crippen molar-refractivity contribution in [2.45, 2.75) is 19.2 Å². The summed E-state index contributed by atoms with van der Waals surface area (Å²) in [6.07, 6.45) is 1.46. The van der Waals surface area contributed by atoms with E-state index >= 15 is 0 Å². The second kappa shape index (κ2) is 4.37. The maximum Gasteiger partial charge on any atom is 0.147 e. The molecule has 0 fully saturated rings. The number of aliphatic hydroxyl groups is 1. The predicted molar refractivity (Wildman–Crippen MR) is 55.1 cm³/mol. The minimum Gasteiger partial charge on any atom is -0.391 e. The van der Waals surface area contributed by atoms with E-state index in [1.807, 2.05) is 0 Å². The highest BCUT2D eigenvalue weighted by Crippen LogP contribution is 2.09. The summed E-state index contributed by atoms with van der Waals surface area (Å²) in [6, 6.07) is 0. The Bertz CT molecular complexity index is 303. The predicted octanol–water partition coefficient (Wildman–Crippen LogP) is -0.151. The molecule has 1 N–H and O–H groups in total. The summed E-state index contributed by atoms with van der Waals surface area (Å²) in [5.41, 5.74) is 0. The number of fused-ring (bicyclic) bond motifs is 1. The number of halogens is 1. The monoisotopic (exact) mass is 260 g/mol. The fourth-order valence-electron chi connectivity index (χ4n) is 1.62. The number of aromatic nitrogens is 3. The van der Waals surface area contributed by atoms with Crippen LogP contribution in [0.5, 0.6) is 0 Å². The first-order valence-corrected chi connectivity index (χ1v) is 5.75. The minimum absolute atomic E-state index is 0.301. The SMILES string of the molecule is OC(CBr)CN1CCn2cnnc2C1. The molecule has 1 aromatic rings. The van der Waals surface area contributed by atoms with Crippen molar-refractivity contribution in [3.05, 3.63) is 12.2 Å². The van der Waals surface area contributed by atoms with Crippen LogP contribution in [0.2, 0.25) is 0 Å². The zero-order valence-corrected chi connectivity index (χ0v) is 9.39. The van der Waals surface area contributed by atoms with Crippen LogP contribution in [0.3, 0.4) is 0 Å². The average Bonchev–Trinajstić information content (AvgIpc) is 2.64. The summed E-state index contributed by atoms with van der Waals surface area (Å²) in [5, 5.41) is 18.0. The smallest absolute Gasteiger partial charge is 0.147 e. The van der Waals surface area contributed by atoms with Gasteiger partial charge in [-0.1, -0.05) is 15.9 Å². The minimum atomic E-state index is -0.301. The fourth-order valence-corrected chi connectivity index (χ4v) is 1.82. The van der Waals surface area contributed by atoms with Crippen LogP contribution in [-0.4, -0.2) is 49.3 Å². The van der Waals surface area contributed by atoms with E-state index in [-0.39, 0.29) is 6.10 Å². The second-order valence-corrected chi connectivity index (χ2v) is 4.13. The highest BCUT2D eigenvalue weighted by molar-refractivity contribution is 9.09. The van der Waals surface area contributed by atoms with Gasteiger partial charge in [0.1, 0.15) is 12.2 Å². The maximum absolute atomic E-state index is 9.48. The van der Waals surface area contributed by atoms with Crippen LogP contribution in [0.1, 0.15) is 5.82 Å². The van der Waals surface area contributed by atoms with E-state index in [2.05, 4.69) is 35.6 Å². The molecule has 1 aliphatic heterocycles. The Morgan fingerprint density at radius 2 is 2.43 bits per heavy atom. The lowest BCUT2D eigenvalue weighted by molar-refractivity contribution is 0.112. The third-order valence-electron chi connectivity index (χ3n) is 2.36. The van der Waals surface area contributed by atoms with Crippen molar-refractivity contribution in [3.8, 4) is 0 Å². The molecule has 1 atom stereocenters. The molecule has 2 rings (SSSR count). The first-order chi connectivity index (χ1) is 6.79. The normalized spacial score (nSPS) is 19.3. The first-order valence-electron chi connectivity index (χ1n) is 4.62. The van der Waals surface area contributed by atoms with Crippen molar-refractivity contribution >= 4 is 15.9 Å². The van der Waals surface area contributed by atoms with E-state index < -0.39 is 0 Å². The molecule has 14 heavy (non-hydrogen) atoms. The van der Waals surface area contributed by atoms with Gasteiger partial charge in [0.05, 0.1) is 12.6 Å². The second-order valence-electron chi connectivity index (χ2n) is 3.48. The van der Waals surface area contributed by atoms with Gasteiger partial charge in [-0.25, -0.2) is 0 Å². The van der Waals surface area contributed by atoms with Crippen LogP contribution >= 0.6 is 15.9 Å². The van der Waals surface area contributed by atoms with E-state index in [4.69, 9.17) is 0 Å². The average molecular weight is 261 g/mol. The quantitative estimate of drug-likeness (QED) is 0.769. The van der Waals surface area contributed by atoms with Gasteiger partial charge in [-0.15, -0.1) is 10.2 Å². The van der Waals surface area contributed by atoms with Crippen molar-refractivity contribution in [2.24, 2.45) is 0 Å². The Labute approximate surface area is 90.9 Å². The Kier molecular flexibility index (Phi) is 3.15. The molecule has 0 aliphatic carbocycles. The first kappa shape index (κ1) is 10.1. The van der Waals surface area contributed by atoms with Crippen LogP contribution in [0.25, 0.3) is 0 Å². The summed E-state index contributed by atoms with van der Waals surface area (Å²) in [6.45, 7) is 3.34. The number of alkyl halides is 1. The zero-order valence-electron chi connectivity index (χ0n) is 7.80.